The van der Waals surface area contributed by atoms with E-state index in [1.165, 1.54) is 5.56 Å². The number of hydrogen-bond donors (Lipinski definition) is 0. The molecule has 4 rings (SSSR count). The smallest absolute Gasteiger partial charge is 0.225 e. The number of thiazole rings is 1. The molecule has 28 heavy (non-hydrogen) atoms. The lowest BCUT2D eigenvalue weighted by molar-refractivity contribution is -0.131. The summed E-state index contributed by atoms with van der Waals surface area (Å²) in [5.41, 5.74) is 3.36. The highest BCUT2D eigenvalue weighted by molar-refractivity contribution is 7.13. The van der Waals surface area contributed by atoms with Crippen molar-refractivity contribution >= 4 is 23.2 Å². The summed E-state index contributed by atoms with van der Waals surface area (Å²) in [5, 5.41) is 3.08. The van der Waals surface area contributed by atoms with Crippen molar-refractivity contribution in [1.29, 1.82) is 0 Å². The Morgan fingerprint density at radius 3 is 2.64 bits per heavy atom. The molecule has 1 fully saturated rings. The van der Waals surface area contributed by atoms with E-state index in [4.69, 9.17) is 4.98 Å². The third-order valence-corrected chi connectivity index (χ3v) is 5.82. The molecule has 1 aliphatic heterocycles. The van der Waals surface area contributed by atoms with E-state index < -0.39 is 0 Å². The standard InChI is InChI=1S/C21H23N5OS/c1-16-4-2-5-17(14-16)20-24-18(15-28-20)6-7-19(27)25-10-12-26(13-11-25)21-22-8-3-9-23-21/h2-5,8-9,14-15H,6-7,10-13H2,1H3. The maximum atomic E-state index is 12.6. The van der Waals surface area contributed by atoms with Gasteiger partial charge in [-0.3, -0.25) is 4.79 Å². The second-order valence-corrected chi connectivity index (χ2v) is 7.79. The summed E-state index contributed by atoms with van der Waals surface area (Å²) in [6, 6.07) is 10.2. The fraction of sp³-hybridized carbons (Fsp3) is 0.333. The molecule has 0 bridgehead atoms. The summed E-state index contributed by atoms with van der Waals surface area (Å²) >= 11 is 1.64. The quantitative estimate of drug-likeness (QED) is 0.666. The van der Waals surface area contributed by atoms with Crippen molar-refractivity contribution in [3.8, 4) is 10.6 Å². The zero-order chi connectivity index (χ0) is 19.3. The SMILES string of the molecule is Cc1cccc(-c2nc(CCC(=O)N3CCN(c4ncccn4)CC3)cs2)c1. The number of carbonyl (C=O) groups excluding carboxylic acids is 1. The van der Waals surface area contributed by atoms with Crippen LogP contribution in [-0.4, -0.2) is 51.9 Å². The number of carbonyl (C=O) groups is 1. The van der Waals surface area contributed by atoms with Crippen LogP contribution in [0.25, 0.3) is 10.6 Å². The minimum absolute atomic E-state index is 0.193. The van der Waals surface area contributed by atoms with Gasteiger partial charge in [0.2, 0.25) is 11.9 Å². The highest BCUT2D eigenvalue weighted by Crippen LogP contribution is 2.25. The van der Waals surface area contributed by atoms with Crippen LogP contribution in [0, 0.1) is 6.92 Å². The Bertz CT molecular complexity index is 935. The number of rotatable bonds is 5. The lowest BCUT2D eigenvalue weighted by atomic mass is 10.1. The number of aryl methyl sites for hydroxylation is 2. The van der Waals surface area contributed by atoms with Crippen molar-refractivity contribution in [1.82, 2.24) is 19.9 Å². The lowest BCUT2D eigenvalue weighted by Gasteiger charge is -2.34. The Hall–Kier alpha value is -2.80. The average molecular weight is 394 g/mol. The highest BCUT2D eigenvalue weighted by atomic mass is 32.1. The molecule has 1 aliphatic rings. The van der Waals surface area contributed by atoms with Gasteiger partial charge in [-0.15, -0.1) is 11.3 Å². The zero-order valence-corrected chi connectivity index (χ0v) is 16.7. The molecule has 0 N–H and O–H groups in total. The van der Waals surface area contributed by atoms with Gasteiger partial charge in [0.15, 0.2) is 0 Å². The lowest BCUT2D eigenvalue weighted by Crippen LogP contribution is -2.49. The van der Waals surface area contributed by atoms with E-state index in [1.807, 2.05) is 11.0 Å². The van der Waals surface area contributed by atoms with Crippen LogP contribution in [0.15, 0.2) is 48.1 Å². The van der Waals surface area contributed by atoms with Crippen LogP contribution in [0.4, 0.5) is 5.95 Å². The van der Waals surface area contributed by atoms with Crippen molar-refractivity contribution in [2.45, 2.75) is 19.8 Å². The fourth-order valence-electron chi connectivity index (χ4n) is 3.34. The molecule has 3 heterocycles. The molecule has 0 saturated carbocycles. The third-order valence-electron chi connectivity index (χ3n) is 4.88. The van der Waals surface area contributed by atoms with E-state index in [0.29, 0.717) is 25.9 Å². The molecule has 144 valence electrons. The summed E-state index contributed by atoms with van der Waals surface area (Å²) in [6.07, 6.45) is 4.68. The number of piperazine rings is 1. The van der Waals surface area contributed by atoms with Gasteiger partial charge < -0.3 is 9.80 Å². The molecule has 3 aromatic rings. The predicted octanol–water partition coefficient (Wildman–Crippen LogP) is 3.19. The third kappa shape index (κ3) is 4.36. The van der Waals surface area contributed by atoms with E-state index in [1.54, 1.807) is 23.7 Å². The molecule has 1 amide bonds. The number of benzene rings is 1. The Morgan fingerprint density at radius 1 is 1.11 bits per heavy atom. The van der Waals surface area contributed by atoms with Gasteiger partial charge in [0.1, 0.15) is 5.01 Å². The molecule has 7 heteroatoms. The van der Waals surface area contributed by atoms with Crippen LogP contribution in [-0.2, 0) is 11.2 Å². The monoisotopic (exact) mass is 393 g/mol. The normalized spacial score (nSPS) is 14.3. The maximum absolute atomic E-state index is 12.6. The molecular formula is C21H23N5OS. The summed E-state index contributed by atoms with van der Waals surface area (Å²) in [7, 11) is 0. The van der Waals surface area contributed by atoms with Crippen molar-refractivity contribution in [2.24, 2.45) is 0 Å². The summed E-state index contributed by atoms with van der Waals surface area (Å²) in [6.45, 7) is 5.04. The van der Waals surface area contributed by atoms with Gasteiger partial charge in [-0.05, 0) is 25.5 Å². The Labute approximate surface area is 168 Å². The number of anilines is 1. The van der Waals surface area contributed by atoms with Gasteiger partial charge in [0.05, 0.1) is 5.69 Å². The van der Waals surface area contributed by atoms with Crippen molar-refractivity contribution in [3.63, 3.8) is 0 Å². The molecule has 0 radical (unpaired) electrons. The average Bonchev–Trinajstić information content (AvgIpc) is 3.22. The van der Waals surface area contributed by atoms with Crippen LogP contribution in [0.3, 0.4) is 0 Å². The number of hydrogen-bond acceptors (Lipinski definition) is 6. The molecule has 2 aromatic heterocycles. The van der Waals surface area contributed by atoms with Gasteiger partial charge >= 0.3 is 0 Å². The first kappa shape index (κ1) is 18.6. The fourth-order valence-corrected chi connectivity index (χ4v) is 4.19. The molecule has 0 aliphatic carbocycles. The van der Waals surface area contributed by atoms with Gasteiger partial charge in [-0.2, -0.15) is 0 Å². The molecule has 0 spiro atoms. The van der Waals surface area contributed by atoms with Gasteiger partial charge in [0, 0.05) is 55.9 Å². The second kappa shape index (κ2) is 8.48. The van der Waals surface area contributed by atoms with Gasteiger partial charge in [0.25, 0.3) is 0 Å². The van der Waals surface area contributed by atoms with Crippen LogP contribution >= 0.6 is 11.3 Å². The Balaban J connectivity index is 1.28. The predicted molar refractivity (Wildman–Crippen MR) is 111 cm³/mol. The van der Waals surface area contributed by atoms with E-state index >= 15 is 0 Å². The van der Waals surface area contributed by atoms with Crippen molar-refractivity contribution in [3.05, 3.63) is 59.4 Å². The van der Waals surface area contributed by atoms with E-state index in [2.05, 4.69) is 51.4 Å². The molecule has 0 unspecified atom stereocenters. The van der Waals surface area contributed by atoms with Crippen LogP contribution in [0.5, 0.6) is 0 Å². The van der Waals surface area contributed by atoms with E-state index in [0.717, 1.165) is 35.3 Å². The topological polar surface area (TPSA) is 62.2 Å². The number of aromatic nitrogens is 3. The summed E-state index contributed by atoms with van der Waals surface area (Å²) in [4.78, 5) is 29.9. The largest absolute Gasteiger partial charge is 0.339 e. The van der Waals surface area contributed by atoms with Crippen molar-refractivity contribution in [2.75, 3.05) is 31.1 Å². The minimum atomic E-state index is 0.193. The Morgan fingerprint density at radius 2 is 1.89 bits per heavy atom. The summed E-state index contributed by atoms with van der Waals surface area (Å²) in [5.74, 6) is 0.930. The Kier molecular flexibility index (Phi) is 5.62. The van der Waals surface area contributed by atoms with Gasteiger partial charge in [-0.1, -0.05) is 23.8 Å². The summed E-state index contributed by atoms with van der Waals surface area (Å²) < 4.78 is 0. The second-order valence-electron chi connectivity index (χ2n) is 6.93. The molecular weight excluding hydrogens is 370 g/mol. The van der Waals surface area contributed by atoms with E-state index in [9.17, 15) is 4.79 Å². The van der Waals surface area contributed by atoms with E-state index in [-0.39, 0.29) is 5.91 Å². The van der Waals surface area contributed by atoms with Crippen LogP contribution < -0.4 is 4.90 Å². The van der Waals surface area contributed by atoms with Crippen LogP contribution in [0.2, 0.25) is 0 Å². The molecule has 0 atom stereocenters. The minimum Gasteiger partial charge on any atom is -0.339 e. The number of amides is 1. The first-order valence-corrected chi connectivity index (χ1v) is 10.4. The van der Waals surface area contributed by atoms with Gasteiger partial charge in [-0.25, -0.2) is 15.0 Å². The van der Waals surface area contributed by atoms with Crippen LogP contribution in [0.1, 0.15) is 17.7 Å². The molecule has 6 nitrogen and oxygen atoms in total. The zero-order valence-electron chi connectivity index (χ0n) is 15.9. The maximum Gasteiger partial charge on any atom is 0.225 e. The highest BCUT2D eigenvalue weighted by Gasteiger charge is 2.22. The first-order chi connectivity index (χ1) is 13.7. The molecule has 1 saturated heterocycles. The van der Waals surface area contributed by atoms with Crippen molar-refractivity contribution < 1.29 is 4.79 Å². The first-order valence-electron chi connectivity index (χ1n) is 9.50. The number of nitrogens with zero attached hydrogens (tertiary/aromatic N) is 5. The molecule has 1 aromatic carbocycles.